The van der Waals surface area contributed by atoms with Gasteiger partial charge >= 0.3 is 12.1 Å². The first-order valence-electron chi connectivity index (χ1n) is 8.19. The number of methoxy groups -OCH3 is 2. The van der Waals surface area contributed by atoms with Crippen molar-refractivity contribution in [1.82, 2.24) is 0 Å². The lowest BCUT2D eigenvalue weighted by Crippen LogP contribution is -2.13. The number of rotatable bonds is 10. The molecule has 24 heavy (non-hydrogen) atoms. The van der Waals surface area contributed by atoms with E-state index in [0.29, 0.717) is 6.42 Å². The first-order valence-corrected chi connectivity index (χ1v) is 8.19. The molecule has 0 aliphatic rings. The van der Waals surface area contributed by atoms with E-state index >= 15 is 0 Å². The highest BCUT2D eigenvalue weighted by atomic mass is 16.7. The van der Waals surface area contributed by atoms with Gasteiger partial charge in [-0.2, -0.15) is 0 Å². The van der Waals surface area contributed by atoms with Crippen molar-refractivity contribution in [2.45, 2.75) is 45.4 Å². The molecule has 0 spiro atoms. The molecule has 6 heteroatoms. The van der Waals surface area contributed by atoms with Crippen molar-refractivity contribution in [3.63, 3.8) is 0 Å². The Balaban J connectivity index is 2.18. The van der Waals surface area contributed by atoms with Crippen LogP contribution in [0.25, 0.3) is 0 Å². The molecule has 1 aromatic rings. The highest BCUT2D eigenvalue weighted by Gasteiger charge is 2.10. The number of unbranched alkanes of at least 4 members (excludes halogenated alkanes) is 3. The number of hydrogen-bond acceptors (Lipinski definition) is 6. The summed E-state index contributed by atoms with van der Waals surface area (Å²) in [4.78, 5) is 22.3. The Morgan fingerprint density at radius 2 is 1.67 bits per heavy atom. The molecule has 0 atom stereocenters. The van der Waals surface area contributed by atoms with Crippen molar-refractivity contribution in [3.8, 4) is 11.5 Å². The third kappa shape index (κ3) is 7.35. The topological polar surface area (TPSA) is 71.1 Å². The summed E-state index contributed by atoms with van der Waals surface area (Å²) in [7, 11) is 3.24. The number of ether oxygens (including phenoxy) is 4. The largest absolute Gasteiger partial charge is 0.516 e. The molecule has 0 fully saturated rings. The summed E-state index contributed by atoms with van der Waals surface area (Å²) < 4.78 is 19.5. The molecule has 0 N–H and O–H groups in total. The Morgan fingerprint density at radius 1 is 0.958 bits per heavy atom. The fraction of sp³-hybridized carbons (Fsp3) is 0.556. The van der Waals surface area contributed by atoms with Gasteiger partial charge in [0.05, 0.1) is 20.8 Å². The van der Waals surface area contributed by atoms with Gasteiger partial charge in [0.25, 0.3) is 0 Å². The summed E-state index contributed by atoms with van der Waals surface area (Å²) in [6.07, 6.45) is 3.87. The van der Waals surface area contributed by atoms with E-state index in [4.69, 9.17) is 9.47 Å². The number of aryl methyl sites for hydroxylation is 1. The van der Waals surface area contributed by atoms with Crippen LogP contribution in [0.2, 0.25) is 0 Å². The van der Waals surface area contributed by atoms with E-state index < -0.39 is 12.1 Å². The maximum Gasteiger partial charge on any atom is 0.516 e. The monoisotopic (exact) mass is 338 g/mol. The predicted molar refractivity (Wildman–Crippen MR) is 89.4 cm³/mol. The summed E-state index contributed by atoms with van der Waals surface area (Å²) in [5.41, 5.74) is 1.19. The maximum atomic E-state index is 11.4. The number of esters is 1. The third-order valence-electron chi connectivity index (χ3n) is 3.50. The van der Waals surface area contributed by atoms with Gasteiger partial charge in [-0.3, -0.25) is 4.79 Å². The van der Waals surface area contributed by atoms with Gasteiger partial charge in [-0.15, -0.1) is 0 Å². The van der Waals surface area contributed by atoms with Crippen molar-refractivity contribution >= 4 is 12.1 Å². The number of hydrogen-bond donors (Lipinski definition) is 0. The normalized spacial score (nSPS) is 10.1. The van der Waals surface area contributed by atoms with Crippen LogP contribution in [0.4, 0.5) is 4.79 Å². The summed E-state index contributed by atoms with van der Waals surface area (Å²) in [6, 6.07) is 5.91. The quantitative estimate of drug-likeness (QED) is 0.366. The van der Waals surface area contributed by atoms with Crippen LogP contribution in [0.5, 0.6) is 11.5 Å². The fourth-order valence-electron chi connectivity index (χ4n) is 2.28. The molecule has 134 valence electrons. The molecule has 0 bridgehead atoms. The second kappa shape index (κ2) is 11.3. The van der Waals surface area contributed by atoms with Gasteiger partial charge in [-0.25, -0.2) is 4.79 Å². The number of benzene rings is 1. The zero-order valence-electron chi connectivity index (χ0n) is 14.6. The molecule has 0 unspecified atom stereocenters. The lowest BCUT2D eigenvalue weighted by molar-refractivity contribution is -0.139. The third-order valence-corrected chi connectivity index (χ3v) is 3.50. The molecule has 0 saturated heterocycles. The van der Waals surface area contributed by atoms with Crippen molar-refractivity contribution in [2.75, 3.05) is 20.8 Å². The number of carbonyl (C=O) groups is 2. The van der Waals surface area contributed by atoms with Crippen molar-refractivity contribution in [1.29, 1.82) is 0 Å². The van der Waals surface area contributed by atoms with Gasteiger partial charge in [0, 0.05) is 6.42 Å². The Bertz CT molecular complexity index is 526. The zero-order valence-corrected chi connectivity index (χ0v) is 14.6. The highest BCUT2D eigenvalue weighted by molar-refractivity contribution is 5.81. The number of carbonyl (C=O) groups excluding carboxylic acids is 2. The molecule has 0 aliphatic carbocycles. The molecule has 0 aliphatic heterocycles. The minimum Gasteiger partial charge on any atom is -0.493 e. The molecule has 1 rings (SSSR count). The maximum absolute atomic E-state index is 11.4. The molecular formula is C18H26O6. The Morgan fingerprint density at radius 3 is 2.33 bits per heavy atom. The van der Waals surface area contributed by atoms with Gasteiger partial charge in [0.2, 0.25) is 0 Å². The lowest BCUT2D eigenvalue weighted by Gasteiger charge is -2.09. The highest BCUT2D eigenvalue weighted by Crippen LogP contribution is 2.28. The van der Waals surface area contributed by atoms with Gasteiger partial charge in [-0.05, 0) is 43.9 Å². The van der Waals surface area contributed by atoms with Crippen LogP contribution < -0.4 is 9.47 Å². The Kier molecular flexibility index (Phi) is 9.34. The zero-order chi connectivity index (χ0) is 17.8. The minimum absolute atomic E-state index is 0.197. The van der Waals surface area contributed by atoms with E-state index in [9.17, 15) is 9.59 Å². The predicted octanol–water partition coefficient (Wildman–Crippen LogP) is 3.90. The van der Waals surface area contributed by atoms with Gasteiger partial charge in [0.1, 0.15) is 0 Å². The van der Waals surface area contributed by atoms with Gasteiger partial charge in [0.15, 0.2) is 11.5 Å². The van der Waals surface area contributed by atoms with Crippen LogP contribution in [0, 0.1) is 0 Å². The second-order valence-corrected chi connectivity index (χ2v) is 5.26. The van der Waals surface area contributed by atoms with Crippen LogP contribution in [-0.4, -0.2) is 33.0 Å². The van der Waals surface area contributed by atoms with Crippen LogP contribution in [0.3, 0.4) is 0 Å². The van der Waals surface area contributed by atoms with E-state index in [1.807, 2.05) is 18.2 Å². The van der Waals surface area contributed by atoms with E-state index in [0.717, 1.165) is 37.2 Å². The van der Waals surface area contributed by atoms with Crippen molar-refractivity contribution in [2.24, 2.45) is 0 Å². The molecular weight excluding hydrogens is 312 g/mol. The second-order valence-electron chi connectivity index (χ2n) is 5.26. The average Bonchev–Trinajstić information content (AvgIpc) is 2.57. The molecule has 6 nitrogen and oxygen atoms in total. The molecule has 0 amide bonds. The average molecular weight is 338 g/mol. The lowest BCUT2D eigenvalue weighted by atomic mass is 10.0. The van der Waals surface area contributed by atoms with Crippen LogP contribution >= 0.6 is 0 Å². The smallest absolute Gasteiger partial charge is 0.493 e. The summed E-state index contributed by atoms with van der Waals surface area (Å²) in [6.45, 7) is 1.85. The summed E-state index contributed by atoms with van der Waals surface area (Å²) >= 11 is 0. The van der Waals surface area contributed by atoms with Crippen LogP contribution in [0.1, 0.15) is 44.6 Å². The molecule has 0 saturated carbocycles. The van der Waals surface area contributed by atoms with Crippen molar-refractivity contribution < 1.29 is 28.5 Å². The Hall–Kier alpha value is -2.24. The van der Waals surface area contributed by atoms with Gasteiger partial charge < -0.3 is 18.9 Å². The van der Waals surface area contributed by atoms with E-state index in [2.05, 4.69) is 9.47 Å². The summed E-state index contributed by atoms with van der Waals surface area (Å²) in [5, 5.41) is 0. The summed E-state index contributed by atoms with van der Waals surface area (Å²) in [5.74, 6) is 0.923. The SMILES string of the molecule is CCOC(=O)OC(=O)CCCCCCc1ccc(OC)c(OC)c1. The van der Waals surface area contributed by atoms with E-state index in [1.165, 1.54) is 5.56 Å². The first-order chi connectivity index (χ1) is 11.6. The standard InChI is InChI=1S/C18H26O6/c1-4-23-18(20)24-17(19)10-8-6-5-7-9-14-11-12-15(21-2)16(13-14)22-3/h11-13H,4-10H2,1-3H3. The van der Waals surface area contributed by atoms with Crippen LogP contribution in [-0.2, 0) is 20.7 Å². The molecule has 0 radical (unpaired) electrons. The fourth-order valence-corrected chi connectivity index (χ4v) is 2.28. The molecule has 0 heterocycles. The molecule has 0 aromatic heterocycles. The van der Waals surface area contributed by atoms with Crippen LogP contribution in [0.15, 0.2) is 18.2 Å². The minimum atomic E-state index is -0.920. The van der Waals surface area contributed by atoms with E-state index in [-0.39, 0.29) is 13.0 Å². The molecule has 1 aromatic carbocycles. The van der Waals surface area contributed by atoms with Crippen molar-refractivity contribution in [3.05, 3.63) is 23.8 Å². The Labute approximate surface area is 143 Å². The van der Waals surface area contributed by atoms with Gasteiger partial charge in [-0.1, -0.05) is 18.9 Å². The van der Waals surface area contributed by atoms with E-state index in [1.54, 1.807) is 21.1 Å². The first kappa shape index (κ1) is 19.8.